The maximum Gasteiger partial charge on any atom is 0.308 e. The van der Waals surface area contributed by atoms with Crippen molar-refractivity contribution in [2.24, 2.45) is 5.92 Å². The number of anilines is 1. The minimum absolute atomic E-state index is 0.105. The van der Waals surface area contributed by atoms with Crippen molar-refractivity contribution < 1.29 is 19.1 Å². The van der Waals surface area contributed by atoms with E-state index in [1.54, 1.807) is 0 Å². The Morgan fingerprint density at radius 1 is 1.16 bits per heavy atom. The Hall–Kier alpha value is -2.21. The van der Waals surface area contributed by atoms with Crippen molar-refractivity contribution in [3.8, 4) is 0 Å². The lowest BCUT2D eigenvalue weighted by Crippen LogP contribution is -2.46. The minimum Gasteiger partial charge on any atom is -0.469 e. The fourth-order valence-corrected chi connectivity index (χ4v) is 3.67. The van der Waals surface area contributed by atoms with Crippen molar-refractivity contribution in [2.75, 3.05) is 25.1 Å². The molecule has 1 aromatic carbocycles. The summed E-state index contributed by atoms with van der Waals surface area (Å²) < 4.78 is 4.80. The molecule has 0 bridgehead atoms. The average Bonchev–Trinajstić information content (AvgIpc) is 2.95. The van der Waals surface area contributed by atoms with Crippen LogP contribution >= 0.6 is 0 Å². The lowest BCUT2D eigenvalue weighted by atomic mass is 9.95. The van der Waals surface area contributed by atoms with Crippen LogP contribution in [0.5, 0.6) is 0 Å². The van der Waals surface area contributed by atoms with Crippen molar-refractivity contribution in [1.29, 1.82) is 0 Å². The highest BCUT2D eigenvalue weighted by Crippen LogP contribution is 2.29. The molecule has 6 heteroatoms. The molecule has 2 aliphatic rings. The van der Waals surface area contributed by atoms with Gasteiger partial charge in [-0.3, -0.25) is 19.3 Å². The van der Waals surface area contributed by atoms with Crippen LogP contribution in [-0.4, -0.2) is 48.9 Å². The number of nitrogens with zero attached hydrogens (tertiary/aromatic N) is 2. The lowest BCUT2D eigenvalue weighted by molar-refractivity contribution is -0.147. The fraction of sp³-hybridized carbons (Fsp3) is 0.526. The van der Waals surface area contributed by atoms with Gasteiger partial charge in [0.2, 0.25) is 5.91 Å². The van der Waals surface area contributed by atoms with Crippen molar-refractivity contribution >= 4 is 23.5 Å². The third-order valence-corrected chi connectivity index (χ3v) is 5.23. The van der Waals surface area contributed by atoms with Crippen LogP contribution in [0.4, 0.5) is 5.69 Å². The van der Waals surface area contributed by atoms with E-state index < -0.39 is 6.04 Å². The van der Waals surface area contributed by atoms with Gasteiger partial charge in [0.1, 0.15) is 0 Å². The van der Waals surface area contributed by atoms with Crippen LogP contribution in [0.15, 0.2) is 24.3 Å². The molecule has 0 radical (unpaired) electrons. The number of methoxy groups -OCH3 is 1. The van der Waals surface area contributed by atoms with Crippen LogP contribution in [-0.2, 0) is 25.5 Å². The second-order valence-corrected chi connectivity index (χ2v) is 6.64. The number of carbonyl (C=O) groups is 3. The molecule has 0 aliphatic carbocycles. The van der Waals surface area contributed by atoms with Gasteiger partial charge >= 0.3 is 5.97 Å². The maximum absolute atomic E-state index is 12.8. The van der Waals surface area contributed by atoms with E-state index in [0.717, 1.165) is 6.42 Å². The molecular weight excluding hydrogens is 320 g/mol. The third-order valence-electron chi connectivity index (χ3n) is 5.23. The number of aryl methyl sites for hydroxylation is 1. The minimum atomic E-state index is -0.419. The number of likely N-dealkylation sites (tertiary alicyclic amines) is 1. The zero-order valence-corrected chi connectivity index (χ0v) is 14.7. The molecule has 2 heterocycles. The van der Waals surface area contributed by atoms with Crippen LogP contribution in [0, 0.1) is 5.92 Å². The number of carbonyl (C=O) groups excluding carboxylic acids is 3. The first-order valence-electron chi connectivity index (χ1n) is 8.82. The molecule has 3 rings (SSSR count). The third kappa shape index (κ3) is 3.44. The zero-order chi connectivity index (χ0) is 18.0. The molecule has 1 atom stereocenters. The van der Waals surface area contributed by atoms with Crippen molar-refractivity contribution in [3.05, 3.63) is 29.8 Å². The monoisotopic (exact) mass is 344 g/mol. The molecular formula is C19H24N2O4. The van der Waals surface area contributed by atoms with Gasteiger partial charge in [-0.2, -0.15) is 0 Å². The Morgan fingerprint density at radius 3 is 2.36 bits per heavy atom. The molecule has 134 valence electrons. The highest BCUT2D eigenvalue weighted by atomic mass is 16.5. The largest absolute Gasteiger partial charge is 0.469 e. The topological polar surface area (TPSA) is 66.9 Å². The van der Waals surface area contributed by atoms with E-state index >= 15 is 0 Å². The van der Waals surface area contributed by atoms with Gasteiger partial charge in [0.25, 0.3) is 5.91 Å². The van der Waals surface area contributed by atoms with Gasteiger partial charge in [-0.05, 0) is 50.0 Å². The van der Waals surface area contributed by atoms with Gasteiger partial charge < -0.3 is 4.74 Å². The molecule has 0 unspecified atom stereocenters. The van der Waals surface area contributed by atoms with Crippen molar-refractivity contribution in [1.82, 2.24) is 4.90 Å². The molecule has 0 aromatic heterocycles. The zero-order valence-electron chi connectivity index (χ0n) is 14.7. The molecule has 1 aromatic rings. The van der Waals surface area contributed by atoms with Crippen molar-refractivity contribution in [3.63, 3.8) is 0 Å². The van der Waals surface area contributed by atoms with E-state index in [0.29, 0.717) is 31.6 Å². The smallest absolute Gasteiger partial charge is 0.308 e. The SMILES string of the molecule is CCc1ccc(N2C(=O)C[C@@H](N3CCC(C(=O)OC)CC3)C2=O)cc1. The van der Waals surface area contributed by atoms with Gasteiger partial charge in [0, 0.05) is 0 Å². The lowest BCUT2D eigenvalue weighted by Gasteiger charge is -2.33. The van der Waals surface area contributed by atoms with E-state index in [1.165, 1.54) is 17.6 Å². The molecule has 25 heavy (non-hydrogen) atoms. The van der Waals surface area contributed by atoms with Crippen molar-refractivity contribution in [2.45, 2.75) is 38.6 Å². The number of hydrogen-bond donors (Lipinski definition) is 0. The van der Waals surface area contributed by atoms with E-state index in [2.05, 4.69) is 6.92 Å². The van der Waals surface area contributed by atoms with Gasteiger partial charge in [-0.25, -0.2) is 4.90 Å². The van der Waals surface area contributed by atoms with Gasteiger partial charge in [-0.1, -0.05) is 19.1 Å². The fourth-order valence-electron chi connectivity index (χ4n) is 3.67. The summed E-state index contributed by atoms with van der Waals surface area (Å²) in [5.41, 5.74) is 1.81. The number of imide groups is 1. The van der Waals surface area contributed by atoms with Gasteiger partial charge in [-0.15, -0.1) is 0 Å². The predicted molar refractivity (Wildman–Crippen MR) is 93.0 cm³/mol. The number of piperidine rings is 1. The first-order valence-corrected chi connectivity index (χ1v) is 8.82. The molecule has 2 aliphatic heterocycles. The maximum atomic E-state index is 12.8. The number of ether oxygens (including phenoxy) is 1. The van der Waals surface area contributed by atoms with E-state index in [-0.39, 0.29) is 30.1 Å². The van der Waals surface area contributed by atoms with Gasteiger partial charge in [0.05, 0.1) is 31.2 Å². The number of amides is 2. The molecule has 0 N–H and O–H groups in total. The highest BCUT2D eigenvalue weighted by molar-refractivity contribution is 6.22. The van der Waals surface area contributed by atoms with Gasteiger partial charge in [0.15, 0.2) is 0 Å². The Labute approximate surface area is 147 Å². The first-order chi connectivity index (χ1) is 12.0. The standard InChI is InChI=1S/C19H24N2O4/c1-3-13-4-6-15(7-5-13)21-17(22)12-16(18(21)23)20-10-8-14(9-11-20)19(24)25-2/h4-7,14,16H,3,8-12H2,1-2H3/t16-/m1/s1. The average molecular weight is 344 g/mol. The Bertz CT molecular complexity index is 663. The number of hydrogen-bond acceptors (Lipinski definition) is 5. The summed E-state index contributed by atoms with van der Waals surface area (Å²) in [7, 11) is 1.40. The Morgan fingerprint density at radius 2 is 1.80 bits per heavy atom. The second kappa shape index (κ2) is 7.35. The summed E-state index contributed by atoms with van der Waals surface area (Å²) in [6, 6.07) is 7.15. The molecule has 2 saturated heterocycles. The summed E-state index contributed by atoms with van der Waals surface area (Å²) >= 11 is 0. The number of benzene rings is 1. The molecule has 2 amide bonds. The quantitative estimate of drug-likeness (QED) is 0.615. The molecule has 2 fully saturated rings. The summed E-state index contributed by atoms with van der Waals surface area (Å²) in [5, 5.41) is 0. The summed E-state index contributed by atoms with van der Waals surface area (Å²) in [6.45, 7) is 3.33. The first kappa shape index (κ1) is 17.6. The number of rotatable bonds is 4. The van der Waals surface area contributed by atoms with E-state index in [1.807, 2.05) is 29.2 Å². The summed E-state index contributed by atoms with van der Waals surface area (Å²) in [4.78, 5) is 40.2. The Balaban J connectivity index is 1.68. The van der Waals surface area contributed by atoms with E-state index in [9.17, 15) is 14.4 Å². The Kier molecular flexibility index (Phi) is 5.18. The van der Waals surface area contributed by atoms with Crippen LogP contribution in [0.3, 0.4) is 0 Å². The predicted octanol–water partition coefficient (Wildman–Crippen LogP) is 1.77. The highest BCUT2D eigenvalue weighted by Gasteiger charge is 2.43. The van der Waals surface area contributed by atoms with E-state index in [4.69, 9.17) is 4.74 Å². The second-order valence-electron chi connectivity index (χ2n) is 6.64. The van der Waals surface area contributed by atoms with Crippen LogP contribution in [0.1, 0.15) is 31.7 Å². The normalized spacial score (nSPS) is 22.5. The summed E-state index contributed by atoms with van der Waals surface area (Å²) in [6.07, 6.45) is 2.45. The van der Waals surface area contributed by atoms with Crippen LogP contribution < -0.4 is 4.90 Å². The van der Waals surface area contributed by atoms with Crippen LogP contribution in [0.2, 0.25) is 0 Å². The molecule has 6 nitrogen and oxygen atoms in total. The summed E-state index contributed by atoms with van der Waals surface area (Å²) in [5.74, 6) is -0.614. The molecule has 0 saturated carbocycles. The molecule has 0 spiro atoms. The van der Waals surface area contributed by atoms with Crippen LogP contribution in [0.25, 0.3) is 0 Å². The number of esters is 1.